The van der Waals surface area contributed by atoms with Crippen LogP contribution in [0.4, 0.5) is 0 Å². The normalized spacial score (nSPS) is 27.0. The Morgan fingerprint density at radius 3 is 2.04 bits per heavy atom. The number of oxime groups is 1. The van der Waals surface area contributed by atoms with Crippen molar-refractivity contribution in [1.29, 1.82) is 0 Å². The van der Waals surface area contributed by atoms with Crippen LogP contribution in [0.5, 0.6) is 0 Å². The van der Waals surface area contributed by atoms with Gasteiger partial charge in [0.1, 0.15) is 12.6 Å². The minimum atomic E-state index is -1.26. The number of carbonyl (C=O) groups excluding carboxylic acids is 4. The molecule has 0 radical (unpaired) electrons. The molecular formula is C14H20N2O9. The molecule has 0 aliphatic carbocycles. The summed E-state index contributed by atoms with van der Waals surface area (Å²) in [5.74, 6) is -3.00. The molecule has 0 bridgehead atoms. The van der Waals surface area contributed by atoms with E-state index in [0.29, 0.717) is 0 Å². The molecule has 1 saturated heterocycles. The average molecular weight is 360 g/mol. The van der Waals surface area contributed by atoms with Crippen molar-refractivity contribution >= 4 is 29.7 Å². The Bertz CT molecular complexity index is 575. The maximum Gasteiger partial charge on any atom is 0.303 e. The minimum absolute atomic E-state index is 0.364. The van der Waals surface area contributed by atoms with E-state index < -0.39 is 48.2 Å². The number of hydrogen-bond acceptors (Lipinski definition) is 10. The highest BCUT2D eigenvalue weighted by atomic mass is 16.6. The van der Waals surface area contributed by atoms with Crippen molar-refractivity contribution in [3.63, 3.8) is 0 Å². The van der Waals surface area contributed by atoms with Crippen LogP contribution >= 0.6 is 0 Å². The van der Waals surface area contributed by atoms with Gasteiger partial charge in [0.15, 0.2) is 18.3 Å². The van der Waals surface area contributed by atoms with E-state index in [4.69, 9.17) is 24.2 Å². The Balaban J connectivity index is 3.23. The molecule has 1 amide bonds. The lowest BCUT2D eigenvalue weighted by atomic mass is 9.96. The summed E-state index contributed by atoms with van der Waals surface area (Å²) in [6, 6.07) is -1.20. The Hall–Kier alpha value is -2.85. The van der Waals surface area contributed by atoms with Crippen molar-refractivity contribution in [3.8, 4) is 0 Å². The summed E-state index contributed by atoms with van der Waals surface area (Å²) in [5, 5.41) is 14.5. The average Bonchev–Trinajstić information content (AvgIpc) is 2.48. The zero-order chi connectivity index (χ0) is 19.1. The number of nitrogens with one attached hydrogen (secondary N) is 1. The van der Waals surface area contributed by atoms with E-state index in [0.717, 1.165) is 20.8 Å². The first kappa shape index (κ1) is 20.2. The van der Waals surface area contributed by atoms with E-state index in [1.165, 1.54) is 6.92 Å². The molecular weight excluding hydrogens is 340 g/mol. The van der Waals surface area contributed by atoms with Gasteiger partial charge < -0.3 is 29.5 Å². The van der Waals surface area contributed by atoms with Crippen molar-refractivity contribution in [2.24, 2.45) is 5.16 Å². The molecule has 0 unspecified atom stereocenters. The molecule has 1 rings (SSSR count). The van der Waals surface area contributed by atoms with Crippen LogP contribution in [0.2, 0.25) is 0 Å². The molecule has 0 saturated carbocycles. The summed E-state index contributed by atoms with van der Waals surface area (Å²) in [7, 11) is 0. The summed E-state index contributed by atoms with van der Waals surface area (Å²) < 4.78 is 20.5. The third kappa shape index (κ3) is 5.94. The number of hydrogen-bond donors (Lipinski definition) is 2. The monoisotopic (exact) mass is 360 g/mol. The van der Waals surface area contributed by atoms with Crippen molar-refractivity contribution in [2.75, 3.05) is 6.61 Å². The molecule has 0 aromatic heterocycles. The number of nitrogens with zero attached hydrogens (tertiary/aromatic N) is 1. The van der Waals surface area contributed by atoms with Gasteiger partial charge >= 0.3 is 17.9 Å². The lowest BCUT2D eigenvalue weighted by molar-refractivity contribution is -0.186. The summed E-state index contributed by atoms with van der Waals surface area (Å²) in [6.45, 7) is 4.22. The Morgan fingerprint density at radius 1 is 1.04 bits per heavy atom. The molecule has 1 aliphatic heterocycles. The summed E-state index contributed by atoms with van der Waals surface area (Å²) in [6.07, 6.45) is -3.60. The second-order valence-corrected chi connectivity index (χ2v) is 5.22. The first-order valence-corrected chi connectivity index (χ1v) is 7.29. The molecule has 140 valence electrons. The zero-order valence-corrected chi connectivity index (χ0v) is 14.2. The van der Waals surface area contributed by atoms with Crippen LogP contribution in [0.3, 0.4) is 0 Å². The Morgan fingerprint density at radius 2 is 1.60 bits per heavy atom. The molecule has 4 atom stereocenters. The molecule has 0 aromatic rings. The van der Waals surface area contributed by atoms with Crippen LogP contribution < -0.4 is 5.32 Å². The highest BCUT2D eigenvalue weighted by Crippen LogP contribution is 2.24. The molecule has 11 heteroatoms. The number of amides is 1. The maximum absolute atomic E-state index is 11.4. The Labute approximate surface area is 143 Å². The van der Waals surface area contributed by atoms with E-state index >= 15 is 0 Å². The maximum atomic E-state index is 11.4. The van der Waals surface area contributed by atoms with Crippen LogP contribution in [0, 0.1) is 0 Å². The van der Waals surface area contributed by atoms with Crippen molar-refractivity contribution in [2.45, 2.75) is 52.0 Å². The molecule has 0 aromatic carbocycles. The number of carbonyl (C=O) groups is 4. The van der Waals surface area contributed by atoms with E-state index in [-0.39, 0.29) is 12.5 Å². The topological polar surface area (TPSA) is 150 Å². The van der Waals surface area contributed by atoms with E-state index in [9.17, 15) is 19.2 Å². The quantitative estimate of drug-likeness (QED) is 0.275. The molecule has 2 N–H and O–H groups in total. The highest BCUT2D eigenvalue weighted by molar-refractivity contribution is 5.88. The molecule has 11 nitrogen and oxygen atoms in total. The zero-order valence-electron chi connectivity index (χ0n) is 14.2. The Kier molecular flexibility index (Phi) is 7.15. The SMILES string of the molecule is CC(=O)N[C@@H]1/C(=N/O)O[C@H](COC(C)=O)[C@@H](OC(C)=O)[C@@H]1OC(C)=O. The second-order valence-electron chi connectivity index (χ2n) is 5.22. The van der Waals surface area contributed by atoms with Gasteiger partial charge in [-0.3, -0.25) is 19.2 Å². The predicted molar refractivity (Wildman–Crippen MR) is 79.4 cm³/mol. The van der Waals surface area contributed by atoms with Crippen molar-refractivity contribution in [1.82, 2.24) is 5.32 Å². The van der Waals surface area contributed by atoms with E-state index in [1.807, 2.05) is 0 Å². The number of esters is 3. The van der Waals surface area contributed by atoms with Crippen LogP contribution in [-0.4, -0.2) is 65.9 Å². The van der Waals surface area contributed by atoms with Gasteiger partial charge in [-0.1, -0.05) is 5.16 Å². The van der Waals surface area contributed by atoms with Crippen molar-refractivity contribution in [3.05, 3.63) is 0 Å². The fraction of sp³-hybridized carbons (Fsp3) is 0.643. The van der Waals surface area contributed by atoms with Gasteiger partial charge in [0.25, 0.3) is 5.90 Å². The van der Waals surface area contributed by atoms with Gasteiger partial charge in [-0.2, -0.15) is 0 Å². The van der Waals surface area contributed by atoms with Gasteiger partial charge in [0, 0.05) is 27.7 Å². The molecule has 1 aliphatic rings. The lowest BCUT2D eigenvalue weighted by Gasteiger charge is -2.41. The van der Waals surface area contributed by atoms with Crippen LogP contribution in [0.1, 0.15) is 27.7 Å². The first-order valence-electron chi connectivity index (χ1n) is 7.29. The summed E-state index contributed by atoms with van der Waals surface area (Å²) in [5.41, 5.74) is 0. The fourth-order valence-corrected chi connectivity index (χ4v) is 2.28. The van der Waals surface area contributed by atoms with E-state index in [2.05, 4.69) is 10.5 Å². The smallest absolute Gasteiger partial charge is 0.303 e. The van der Waals surface area contributed by atoms with Gasteiger partial charge in [-0.15, -0.1) is 0 Å². The molecule has 0 spiro atoms. The van der Waals surface area contributed by atoms with Crippen molar-refractivity contribution < 1.29 is 43.3 Å². The van der Waals surface area contributed by atoms with Crippen LogP contribution in [0.15, 0.2) is 5.16 Å². The largest absolute Gasteiger partial charge is 0.466 e. The molecule has 1 fully saturated rings. The van der Waals surface area contributed by atoms with Gasteiger partial charge in [-0.25, -0.2) is 0 Å². The van der Waals surface area contributed by atoms with E-state index in [1.54, 1.807) is 0 Å². The third-order valence-corrected chi connectivity index (χ3v) is 3.07. The summed E-state index contributed by atoms with van der Waals surface area (Å²) in [4.78, 5) is 45.3. The van der Waals surface area contributed by atoms with Gasteiger partial charge in [-0.05, 0) is 0 Å². The first-order chi connectivity index (χ1) is 11.6. The van der Waals surface area contributed by atoms with Crippen LogP contribution in [0.25, 0.3) is 0 Å². The summed E-state index contributed by atoms with van der Waals surface area (Å²) >= 11 is 0. The molecule has 1 heterocycles. The second kappa shape index (κ2) is 8.85. The minimum Gasteiger partial charge on any atom is -0.466 e. The van der Waals surface area contributed by atoms with Crippen LogP contribution in [-0.2, 0) is 38.1 Å². The molecule has 25 heavy (non-hydrogen) atoms. The highest BCUT2D eigenvalue weighted by Gasteiger charge is 2.50. The number of ether oxygens (including phenoxy) is 4. The number of rotatable bonds is 5. The predicted octanol–water partition coefficient (Wildman–Crippen LogP) is -0.896. The third-order valence-electron chi connectivity index (χ3n) is 3.07. The van der Waals surface area contributed by atoms with Gasteiger partial charge in [0.05, 0.1) is 0 Å². The lowest BCUT2D eigenvalue weighted by Crippen LogP contribution is -2.64. The van der Waals surface area contributed by atoms with Gasteiger partial charge in [0.2, 0.25) is 5.91 Å². The fourth-order valence-electron chi connectivity index (χ4n) is 2.28. The standard InChI is InChI=1S/C14H20N2O9/c1-6(17)15-11-13(24-9(4)20)12(23-8(3)19)10(5-22-7(2)18)25-14(11)16-21/h10-13,21H,5H2,1-4H3,(H,15,17)/b16-14-/t10-,11+,12-,13-/m1/s1.